The maximum Gasteiger partial charge on any atom is 0.330 e. The molecule has 0 aromatic heterocycles. The third-order valence-electron chi connectivity index (χ3n) is 1.81. The molecule has 4 heteroatoms. The molecule has 1 unspecified atom stereocenters. The normalized spacial score (nSPS) is 12.4. The van der Waals surface area contributed by atoms with E-state index in [1.807, 2.05) is 0 Å². The van der Waals surface area contributed by atoms with Gasteiger partial charge in [0.15, 0.2) is 0 Å². The molecule has 0 aliphatic carbocycles. The third-order valence-corrected chi connectivity index (χ3v) is 1.81. The monoisotopic (exact) mass is 226 g/mol. The van der Waals surface area contributed by atoms with Crippen LogP contribution in [-0.4, -0.2) is 23.6 Å². The predicted molar refractivity (Wildman–Crippen MR) is 60.7 cm³/mol. The number of hydrogen-bond donors (Lipinski definition) is 0. The van der Waals surface area contributed by atoms with Crippen molar-refractivity contribution in [2.24, 2.45) is 0 Å². The fraction of sp³-hybridized carbons (Fsp3) is 0.500. The van der Waals surface area contributed by atoms with Crippen molar-refractivity contribution < 1.29 is 19.1 Å². The van der Waals surface area contributed by atoms with E-state index >= 15 is 0 Å². The minimum absolute atomic E-state index is 0.349. The summed E-state index contributed by atoms with van der Waals surface area (Å²) in [5.74, 6) is -0.981. The summed E-state index contributed by atoms with van der Waals surface area (Å²) in [5, 5.41) is 0. The van der Waals surface area contributed by atoms with Crippen LogP contribution >= 0.6 is 0 Å². The van der Waals surface area contributed by atoms with E-state index in [9.17, 15) is 9.59 Å². The first-order valence-electron chi connectivity index (χ1n) is 4.99. The van der Waals surface area contributed by atoms with Crippen molar-refractivity contribution in [1.82, 2.24) is 0 Å². The average Bonchev–Trinajstić information content (AvgIpc) is 2.15. The summed E-state index contributed by atoms with van der Waals surface area (Å²) >= 11 is 0. The van der Waals surface area contributed by atoms with Gasteiger partial charge in [-0.1, -0.05) is 13.2 Å². The lowest BCUT2D eigenvalue weighted by atomic mass is 10.0. The van der Waals surface area contributed by atoms with E-state index in [4.69, 9.17) is 9.47 Å². The summed E-state index contributed by atoms with van der Waals surface area (Å²) in [6.07, 6.45) is 2.26. The lowest BCUT2D eigenvalue weighted by molar-refractivity contribution is -0.155. The Hall–Kier alpha value is -1.58. The van der Waals surface area contributed by atoms with Crippen molar-refractivity contribution in [3.05, 3.63) is 25.3 Å². The maximum absolute atomic E-state index is 11.0. The van der Waals surface area contributed by atoms with Gasteiger partial charge in [0.2, 0.25) is 0 Å². The van der Waals surface area contributed by atoms with E-state index < -0.39 is 17.5 Å². The van der Waals surface area contributed by atoms with Gasteiger partial charge in [0.25, 0.3) is 0 Å². The summed E-state index contributed by atoms with van der Waals surface area (Å²) in [6, 6.07) is 0. The van der Waals surface area contributed by atoms with E-state index in [1.54, 1.807) is 20.8 Å². The predicted octanol–water partition coefficient (Wildman–Crippen LogP) is 2.00. The van der Waals surface area contributed by atoms with Crippen LogP contribution in [0.5, 0.6) is 0 Å². The van der Waals surface area contributed by atoms with E-state index in [0.717, 1.165) is 12.2 Å². The topological polar surface area (TPSA) is 52.6 Å². The molecule has 0 amide bonds. The average molecular weight is 226 g/mol. The minimum Gasteiger partial charge on any atom is -0.459 e. The van der Waals surface area contributed by atoms with Crippen LogP contribution in [-0.2, 0) is 19.1 Å². The highest BCUT2D eigenvalue weighted by Gasteiger charge is 2.26. The Morgan fingerprint density at radius 1 is 1.25 bits per heavy atom. The highest BCUT2D eigenvalue weighted by molar-refractivity contribution is 5.82. The van der Waals surface area contributed by atoms with Crippen molar-refractivity contribution in [3.8, 4) is 0 Å². The lowest BCUT2D eigenvalue weighted by Crippen LogP contribution is -2.32. The zero-order valence-corrected chi connectivity index (χ0v) is 9.99. The van der Waals surface area contributed by atoms with Gasteiger partial charge in [0.1, 0.15) is 11.7 Å². The molecule has 0 fully saturated rings. The fourth-order valence-corrected chi connectivity index (χ4v) is 1.34. The number of hydrogen-bond acceptors (Lipinski definition) is 4. The van der Waals surface area contributed by atoms with Gasteiger partial charge in [-0.05, 0) is 20.8 Å². The number of carbonyl (C=O) groups is 2. The smallest absolute Gasteiger partial charge is 0.330 e. The molecule has 0 saturated heterocycles. The van der Waals surface area contributed by atoms with Crippen molar-refractivity contribution in [3.63, 3.8) is 0 Å². The van der Waals surface area contributed by atoms with E-state index in [2.05, 4.69) is 13.2 Å². The van der Waals surface area contributed by atoms with Gasteiger partial charge in [-0.25, -0.2) is 9.59 Å². The molecule has 0 N–H and O–H groups in total. The molecule has 0 saturated carbocycles. The summed E-state index contributed by atoms with van der Waals surface area (Å²) in [6.45, 7) is 11.8. The lowest BCUT2D eigenvalue weighted by Gasteiger charge is -2.27. The number of rotatable bonds is 6. The minimum atomic E-state index is -0.702. The molecule has 0 radical (unpaired) electrons. The standard InChI is InChI=1S/C12H18O4/c1-6-10(13)15-9(3)8-12(4,5)16-11(14)7-2/h6-7,9H,1-2,8H2,3-5H3. The largest absolute Gasteiger partial charge is 0.459 e. The first kappa shape index (κ1) is 14.4. The van der Waals surface area contributed by atoms with Crippen LogP contribution < -0.4 is 0 Å². The van der Waals surface area contributed by atoms with E-state index in [0.29, 0.717) is 6.42 Å². The second-order valence-corrected chi connectivity index (χ2v) is 4.04. The van der Waals surface area contributed by atoms with Crippen LogP contribution in [0.15, 0.2) is 25.3 Å². The third kappa shape index (κ3) is 6.01. The maximum atomic E-state index is 11.0. The van der Waals surface area contributed by atoms with Crippen LogP contribution in [0.1, 0.15) is 27.2 Å². The van der Waals surface area contributed by atoms with Crippen molar-refractivity contribution in [2.75, 3.05) is 0 Å². The van der Waals surface area contributed by atoms with Crippen LogP contribution in [0.3, 0.4) is 0 Å². The molecule has 0 aromatic rings. The Labute approximate surface area is 95.9 Å². The Bertz CT molecular complexity index is 291. The Morgan fingerprint density at radius 2 is 1.75 bits per heavy atom. The van der Waals surface area contributed by atoms with Crippen molar-refractivity contribution >= 4 is 11.9 Å². The fourth-order valence-electron chi connectivity index (χ4n) is 1.34. The molecular formula is C12H18O4. The molecule has 4 nitrogen and oxygen atoms in total. The second kappa shape index (κ2) is 6.10. The van der Waals surface area contributed by atoms with Gasteiger partial charge in [-0.2, -0.15) is 0 Å². The van der Waals surface area contributed by atoms with Gasteiger partial charge in [0.05, 0.1) is 0 Å². The summed E-state index contributed by atoms with van der Waals surface area (Å²) in [7, 11) is 0. The summed E-state index contributed by atoms with van der Waals surface area (Å²) < 4.78 is 10.1. The Morgan fingerprint density at radius 3 is 2.19 bits per heavy atom. The first-order valence-corrected chi connectivity index (χ1v) is 4.99. The number of esters is 2. The highest BCUT2D eigenvalue weighted by atomic mass is 16.6. The van der Waals surface area contributed by atoms with Crippen LogP contribution in [0, 0.1) is 0 Å². The van der Waals surface area contributed by atoms with Gasteiger partial charge < -0.3 is 9.47 Å². The molecule has 0 spiro atoms. The van der Waals surface area contributed by atoms with Crippen LogP contribution in [0.25, 0.3) is 0 Å². The van der Waals surface area contributed by atoms with Crippen molar-refractivity contribution in [2.45, 2.75) is 38.9 Å². The van der Waals surface area contributed by atoms with E-state index in [-0.39, 0.29) is 6.10 Å². The van der Waals surface area contributed by atoms with E-state index in [1.165, 1.54) is 0 Å². The molecule has 16 heavy (non-hydrogen) atoms. The Balaban J connectivity index is 4.23. The molecule has 0 rings (SSSR count). The van der Waals surface area contributed by atoms with Gasteiger partial charge in [-0.3, -0.25) is 0 Å². The Kier molecular flexibility index (Phi) is 5.50. The van der Waals surface area contributed by atoms with Gasteiger partial charge in [0, 0.05) is 18.6 Å². The molecule has 0 aliphatic rings. The summed E-state index contributed by atoms with van der Waals surface area (Å²) in [5.41, 5.74) is -0.702. The molecule has 90 valence electrons. The van der Waals surface area contributed by atoms with Crippen molar-refractivity contribution in [1.29, 1.82) is 0 Å². The van der Waals surface area contributed by atoms with Crippen LogP contribution in [0.4, 0.5) is 0 Å². The van der Waals surface area contributed by atoms with Crippen LogP contribution in [0.2, 0.25) is 0 Å². The highest BCUT2D eigenvalue weighted by Crippen LogP contribution is 2.19. The molecule has 0 aromatic carbocycles. The molecule has 1 atom stereocenters. The molecule has 0 bridgehead atoms. The molecular weight excluding hydrogens is 208 g/mol. The second-order valence-electron chi connectivity index (χ2n) is 4.04. The molecule has 0 heterocycles. The molecule has 0 aliphatic heterocycles. The zero-order valence-electron chi connectivity index (χ0n) is 9.99. The zero-order chi connectivity index (χ0) is 12.8. The first-order chi connectivity index (χ1) is 7.30. The van der Waals surface area contributed by atoms with Gasteiger partial charge in [-0.15, -0.1) is 0 Å². The summed E-state index contributed by atoms with van der Waals surface area (Å²) in [4.78, 5) is 21.9. The SMILES string of the molecule is C=CC(=O)OC(C)CC(C)(C)OC(=O)C=C. The number of ether oxygens (including phenoxy) is 2. The van der Waals surface area contributed by atoms with Gasteiger partial charge >= 0.3 is 11.9 Å². The quantitative estimate of drug-likeness (QED) is 0.513. The number of carbonyl (C=O) groups excluding carboxylic acids is 2.